The van der Waals surface area contributed by atoms with Gasteiger partial charge >= 0.3 is 5.97 Å². The fourth-order valence-corrected chi connectivity index (χ4v) is 4.85. The summed E-state index contributed by atoms with van der Waals surface area (Å²) in [4.78, 5) is 12.5. The maximum atomic E-state index is 12.5. The second kappa shape index (κ2) is 14.7. The molecule has 0 aromatic heterocycles. The lowest BCUT2D eigenvalue weighted by atomic mass is 9.98. The van der Waals surface area contributed by atoms with E-state index in [0.717, 1.165) is 37.0 Å². The van der Waals surface area contributed by atoms with Crippen LogP contribution in [0.25, 0.3) is 0 Å². The van der Waals surface area contributed by atoms with Crippen molar-refractivity contribution < 1.29 is 74.4 Å². The number of ether oxygens (including phenoxy) is 5. The third-order valence-electron chi connectivity index (χ3n) is 7.46. The highest BCUT2D eigenvalue weighted by Gasteiger charge is 2.49. The summed E-state index contributed by atoms with van der Waals surface area (Å²) in [5.41, 5.74) is 0.668. The monoisotopic (exact) mass is 626 g/mol. The van der Waals surface area contributed by atoms with Crippen LogP contribution in [0, 0.1) is 0 Å². The summed E-state index contributed by atoms with van der Waals surface area (Å²) in [6, 6.07) is 8.73. The quantitative estimate of drug-likeness (QED) is 0.107. The van der Waals surface area contributed by atoms with E-state index in [1.165, 1.54) is 0 Å². The fourth-order valence-electron chi connectivity index (χ4n) is 4.85. The van der Waals surface area contributed by atoms with E-state index in [4.69, 9.17) is 23.7 Å². The van der Waals surface area contributed by atoms with Crippen LogP contribution in [0.2, 0.25) is 0 Å². The van der Waals surface area contributed by atoms with Crippen molar-refractivity contribution in [1.29, 1.82) is 0 Å². The van der Waals surface area contributed by atoms with Gasteiger partial charge in [-0.1, -0.05) is 25.5 Å². The predicted molar refractivity (Wildman–Crippen MR) is 147 cm³/mol. The summed E-state index contributed by atoms with van der Waals surface area (Å²) in [6.07, 6.45) is -13.1. The highest BCUT2D eigenvalue weighted by Crippen LogP contribution is 2.36. The Bertz CT molecular complexity index is 1210. The molecule has 2 aromatic carbocycles. The van der Waals surface area contributed by atoms with Gasteiger partial charge in [0.15, 0.2) is 29.6 Å². The highest BCUT2D eigenvalue weighted by molar-refractivity contribution is 5.91. The number of benzene rings is 2. The molecule has 2 fully saturated rings. The minimum absolute atomic E-state index is 0.382. The summed E-state index contributed by atoms with van der Waals surface area (Å²) in [6.45, 7) is 0.862. The summed E-state index contributed by atoms with van der Waals surface area (Å²) < 4.78 is 27.4. The molecule has 44 heavy (non-hydrogen) atoms. The van der Waals surface area contributed by atoms with Crippen LogP contribution < -0.4 is 4.74 Å². The van der Waals surface area contributed by atoms with Crippen LogP contribution in [0.5, 0.6) is 23.0 Å². The molecule has 15 heteroatoms. The summed E-state index contributed by atoms with van der Waals surface area (Å²) in [5, 5.41) is 91.3. The molecule has 0 amide bonds. The Kier molecular flexibility index (Phi) is 11.2. The Morgan fingerprint density at radius 2 is 1.43 bits per heavy atom. The van der Waals surface area contributed by atoms with Gasteiger partial charge in [-0.2, -0.15) is 0 Å². The average Bonchev–Trinajstić information content (AvgIpc) is 3.01. The number of carbonyl (C=O) groups excluding carboxylic acids is 1. The molecule has 0 radical (unpaired) electrons. The Labute approximate surface area is 252 Å². The fraction of sp³-hybridized carbons (Fsp3) is 0.552. The Balaban J connectivity index is 1.37. The lowest BCUT2D eigenvalue weighted by molar-refractivity contribution is -0.323. The number of hydrogen-bond acceptors (Lipinski definition) is 15. The zero-order valence-electron chi connectivity index (χ0n) is 23.7. The number of esters is 1. The van der Waals surface area contributed by atoms with Crippen molar-refractivity contribution in [2.45, 2.75) is 87.6 Å². The first kappa shape index (κ1) is 33.6. The van der Waals surface area contributed by atoms with E-state index in [0.29, 0.717) is 5.75 Å². The van der Waals surface area contributed by atoms with E-state index in [2.05, 4.69) is 6.92 Å². The first-order chi connectivity index (χ1) is 20.9. The van der Waals surface area contributed by atoms with E-state index in [9.17, 15) is 50.8 Å². The lowest BCUT2D eigenvalue weighted by Gasteiger charge is -2.43. The van der Waals surface area contributed by atoms with Gasteiger partial charge in [0.25, 0.3) is 0 Å². The normalized spacial score (nSPS) is 32.2. The van der Waals surface area contributed by atoms with Crippen molar-refractivity contribution in [2.75, 3.05) is 13.2 Å². The number of aliphatic hydroxyl groups excluding tert-OH is 6. The van der Waals surface area contributed by atoms with Crippen LogP contribution in [-0.2, 0) is 25.4 Å². The molecule has 10 atom stereocenters. The number of phenolic OH excluding ortho intramolecular Hbond substituents is 3. The van der Waals surface area contributed by atoms with Crippen molar-refractivity contribution in [3.05, 3.63) is 47.5 Å². The number of aromatic hydroxyl groups is 3. The molecular weight excluding hydrogens is 588 g/mol. The van der Waals surface area contributed by atoms with Crippen molar-refractivity contribution >= 4 is 5.97 Å². The lowest BCUT2D eigenvalue weighted by Crippen LogP contribution is -2.62. The molecule has 9 N–H and O–H groups in total. The van der Waals surface area contributed by atoms with Gasteiger partial charge in [0.1, 0.15) is 48.5 Å². The van der Waals surface area contributed by atoms with Crippen LogP contribution >= 0.6 is 0 Å². The number of phenols is 3. The first-order valence-electron chi connectivity index (χ1n) is 14.1. The first-order valence-corrected chi connectivity index (χ1v) is 14.1. The molecule has 2 heterocycles. The van der Waals surface area contributed by atoms with E-state index in [1.54, 1.807) is 12.1 Å². The Hall–Kier alpha value is -3.25. The van der Waals surface area contributed by atoms with Crippen LogP contribution in [0.4, 0.5) is 0 Å². The third-order valence-corrected chi connectivity index (χ3v) is 7.46. The predicted octanol–water partition coefficient (Wildman–Crippen LogP) is -0.986. The summed E-state index contributed by atoms with van der Waals surface area (Å²) >= 11 is 0. The molecule has 2 aromatic rings. The van der Waals surface area contributed by atoms with Gasteiger partial charge in [-0.25, -0.2) is 4.79 Å². The Morgan fingerprint density at radius 3 is 2.05 bits per heavy atom. The molecule has 15 nitrogen and oxygen atoms in total. The van der Waals surface area contributed by atoms with Crippen molar-refractivity contribution in [3.8, 4) is 23.0 Å². The van der Waals surface area contributed by atoms with E-state index in [1.807, 2.05) is 12.1 Å². The molecule has 4 rings (SSSR count). The second-order valence-corrected chi connectivity index (χ2v) is 10.7. The van der Waals surface area contributed by atoms with Gasteiger partial charge in [-0.3, -0.25) is 0 Å². The van der Waals surface area contributed by atoms with Gasteiger partial charge < -0.3 is 69.6 Å². The van der Waals surface area contributed by atoms with Crippen LogP contribution in [0.15, 0.2) is 36.4 Å². The van der Waals surface area contributed by atoms with Crippen LogP contribution in [-0.4, -0.2) is 127 Å². The minimum Gasteiger partial charge on any atom is -0.504 e. The molecule has 2 aliphatic rings. The number of aliphatic hydroxyl groups is 6. The minimum atomic E-state index is -1.93. The van der Waals surface area contributed by atoms with Gasteiger partial charge in [-0.15, -0.1) is 0 Å². The van der Waals surface area contributed by atoms with Gasteiger partial charge in [0, 0.05) is 0 Å². The smallest absolute Gasteiger partial charge is 0.340 e. The third kappa shape index (κ3) is 7.51. The molecular formula is C29H38O15. The van der Waals surface area contributed by atoms with Gasteiger partial charge in [0.05, 0.1) is 18.8 Å². The van der Waals surface area contributed by atoms with E-state index >= 15 is 0 Å². The molecule has 0 spiro atoms. The number of unbranched alkanes of at least 4 members (excludes halogenated alkanes) is 1. The average molecular weight is 627 g/mol. The maximum absolute atomic E-state index is 12.5. The van der Waals surface area contributed by atoms with Crippen LogP contribution in [0.3, 0.4) is 0 Å². The second-order valence-electron chi connectivity index (χ2n) is 10.7. The van der Waals surface area contributed by atoms with E-state index < -0.39 is 103 Å². The van der Waals surface area contributed by atoms with E-state index in [-0.39, 0.29) is 0 Å². The summed E-state index contributed by atoms with van der Waals surface area (Å²) in [7, 11) is 0. The van der Waals surface area contributed by atoms with Gasteiger partial charge in [0.2, 0.25) is 6.29 Å². The number of aryl methyl sites for hydroxylation is 1. The standard InChI is InChI=1S/C29H38O15/c1-2-3-4-13-5-7-15(8-6-13)41-26-18(11-30)42-28(25(38)23(26)36)40-12-19-21(34)22(35)24(37)29(43-19)44-27(39)14-9-16(31)20(33)17(32)10-14/h5-10,18-19,21-26,28-38H,2-4,11-12H2,1H3/t18-,19-,21-,22+,23-,24-,25-,26-,28-,29+/m1/s1. The SMILES string of the molecule is CCCCc1ccc(O[C@H]2[C@H](O)[C@@H](O)[C@H](OC[C@H]3O[C@@H](OC(=O)c4cc(O)c(O)c(O)c4)[C@H](O)[C@@H](O)[C@@H]3O)O[C@@H]2CO)cc1. The van der Waals surface area contributed by atoms with Crippen molar-refractivity contribution in [3.63, 3.8) is 0 Å². The van der Waals surface area contributed by atoms with Crippen molar-refractivity contribution in [1.82, 2.24) is 0 Å². The molecule has 0 bridgehead atoms. The van der Waals surface area contributed by atoms with Crippen molar-refractivity contribution in [2.24, 2.45) is 0 Å². The number of carbonyl (C=O) groups is 1. The molecule has 0 unspecified atom stereocenters. The van der Waals surface area contributed by atoms with Gasteiger partial charge in [-0.05, 0) is 42.7 Å². The van der Waals surface area contributed by atoms with Crippen LogP contribution in [0.1, 0.15) is 35.7 Å². The zero-order chi connectivity index (χ0) is 32.1. The topological polar surface area (TPSA) is 245 Å². The number of rotatable bonds is 11. The number of hydrogen-bond donors (Lipinski definition) is 9. The molecule has 2 aliphatic heterocycles. The Morgan fingerprint density at radius 1 is 0.818 bits per heavy atom. The maximum Gasteiger partial charge on any atom is 0.340 e. The molecule has 0 saturated carbocycles. The molecule has 2 saturated heterocycles. The molecule has 244 valence electrons. The summed E-state index contributed by atoms with van der Waals surface area (Å²) in [5.74, 6) is -3.38. The largest absolute Gasteiger partial charge is 0.504 e. The zero-order valence-corrected chi connectivity index (χ0v) is 23.7. The molecule has 0 aliphatic carbocycles. The highest BCUT2D eigenvalue weighted by atomic mass is 16.7.